The molecule has 1 aliphatic heterocycles. The first-order valence-corrected chi connectivity index (χ1v) is 6.58. The van der Waals surface area contributed by atoms with E-state index in [4.69, 9.17) is 0 Å². The lowest BCUT2D eigenvalue weighted by molar-refractivity contribution is 0.0955. The van der Waals surface area contributed by atoms with E-state index in [1.807, 2.05) is 18.7 Å². The van der Waals surface area contributed by atoms with Gasteiger partial charge in [0.1, 0.15) is 0 Å². The summed E-state index contributed by atoms with van der Waals surface area (Å²) < 4.78 is 0. The molecule has 0 bridgehead atoms. The molecule has 1 aliphatic rings. The second-order valence-corrected chi connectivity index (χ2v) is 5.37. The number of hydrogen-bond donors (Lipinski definition) is 2. The highest BCUT2D eigenvalue weighted by Crippen LogP contribution is 2.32. The molecule has 18 heavy (non-hydrogen) atoms. The molecule has 4 nitrogen and oxygen atoms in total. The van der Waals surface area contributed by atoms with Gasteiger partial charge in [0.15, 0.2) is 17.3 Å². The van der Waals surface area contributed by atoms with Crippen molar-refractivity contribution >= 4 is 17.5 Å². The van der Waals surface area contributed by atoms with Crippen LogP contribution < -0.4 is 0 Å². The number of phenols is 2. The van der Waals surface area contributed by atoms with Gasteiger partial charge in [0.05, 0.1) is 18.0 Å². The van der Waals surface area contributed by atoms with E-state index in [-0.39, 0.29) is 29.4 Å². The molecular formula is C13H15NO3S. The summed E-state index contributed by atoms with van der Waals surface area (Å²) in [6.45, 7) is 4.22. The van der Waals surface area contributed by atoms with E-state index < -0.39 is 0 Å². The van der Waals surface area contributed by atoms with Gasteiger partial charge in [-0.25, -0.2) is 0 Å². The lowest BCUT2D eigenvalue weighted by Crippen LogP contribution is -2.25. The van der Waals surface area contributed by atoms with E-state index in [1.54, 1.807) is 17.8 Å². The lowest BCUT2D eigenvalue weighted by atomic mass is 10.1. The Morgan fingerprint density at radius 1 is 1.39 bits per heavy atom. The van der Waals surface area contributed by atoms with Crippen LogP contribution >= 0.6 is 11.8 Å². The Bertz CT molecular complexity index is 525. The molecule has 0 fully saturated rings. The molecule has 0 atom stereocenters. The second-order valence-electron chi connectivity index (χ2n) is 4.21. The normalized spacial score (nSPS) is 15.3. The predicted octanol–water partition coefficient (Wildman–Crippen LogP) is 2.54. The average Bonchev–Trinajstić information content (AvgIpc) is 2.64. The minimum atomic E-state index is -0.340. The van der Waals surface area contributed by atoms with Crippen molar-refractivity contribution in [3.63, 3.8) is 0 Å². The molecule has 5 heteroatoms. The summed E-state index contributed by atoms with van der Waals surface area (Å²) in [6.07, 6.45) is 0. The van der Waals surface area contributed by atoms with E-state index >= 15 is 0 Å². The van der Waals surface area contributed by atoms with Gasteiger partial charge in [-0.3, -0.25) is 4.79 Å². The molecule has 1 heterocycles. The first kappa shape index (κ1) is 12.8. The highest BCUT2D eigenvalue weighted by molar-refractivity contribution is 8.03. The minimum Gasteiger partial charge on any atom is -0.504 e. The zero-order valence-electron chi connectivity index (χ0n) is 10.3. The standard InChI is InChI=1S/C13H15NO3S/c1-8-9(2)18-7-14(8)6-12(16)10-4-3-5-11(15)13(10)17/h3-5,15,17H,6-7H2,1-2H3. The molecule has 0 spiro atoms. The molecule has 0 radical (unpaired) electrons. The number of allylic oxidation sites excluding steroid dienone is 2. The summed E-state index contributed by atoms with van der Waals surface area (Å²) in [4.78, 5) is 15.3. The number of Topliss-reactive ketones (excluding diaryl/α,β-unsaturated/α-hetero) is 1. The number of ketones is 1. The monoisotopic (exact) mass is 265 g/mol. The number of carbonyl (C=O) groups excluding carboxylic acids is 1. The zero-order chi connectivity index (χ0) is 13.3. The highest BCUT2D eigenvalue weighted by Gasteiger charge is 2.22. The molecule has 0 saturated carbocycles. The number of carbonyl (C=O) groups is 1. The van der Waals surface area contributed by atoms with Gasteiger partial charge >= 0.3 is 0 Å². The third-order valence-electron chi connectivity index (χ3n) is 3.07. The largest absolute Gasteiger partial charge is 0.504 e. The van der Waals surface area contributed by atoms with Crippen molar-refractivity contribution in [3.05, 3.63) is 34.4 Å². The second kappa shape index (κ2) is 4.94. The minimum absolute atomic E-state index is 0.164. The van der Waals surface area contributed by atoms with Crippen LogP contribution in [0.4, 0.5) is 0 Å². The van der Waals surface area contributed by atoms with Gasteiger partial charge in [0, 0.05) is 10.6 Å². The van der Waals surface area contributed by atoms with Crippen LogP contribution in [0.25, 0.3) is 0 Å². The summed E-state index contributed by atoms with van der Waals surface area (Å²) >= 11 is 1.70. The van der Waals surface area contributed by atoms with Gasteiger partial charge in [-0.1, -0.05) is 6.07 Å². The van der Waals surface area contributed by atoms with Crippen LogP contribution in [0.3, 0.4) is 0 Å². The Hall–Kier alpha value is -1.62. The molecule has 2 rings (SSSR count). The molecule has 2 N–H and O–H groups in total. The number of phenolic OH excluding ortho intramolecular Hbond substituents is 2. The topological polar surface area (TPSA) is 60.8 Å². The van der Waals surface area contributed by atoms with E-state index in [1.165, 1.54) is 17.0 Å². The van der Waals surface area contributed by atoms with Crippen molar-refractivity contribution in [2.24, 2.45) is 0 Å². The van der Waals surface area contributed by atoms with Crippen molar-refractivity contribution in [2.75, 3.05) is 12.4 Å². The van der Waals surface area contributed by atoms with Crippen molar-refractivity contribution in [1.82, 2.24) is 4.90 Å². The van der Waals surface area contributed by atoms with Gasteiger partial charge in [0.25, 0.3) is 0 Å². The van der Waals surface area contributed by atoms with Crippen molar-refractivity contribution in [1.29, 1.82) is 0 Å². The fourth-order valence-corrected chi connectivity index (χ4v) is 2.75. The molecule has 1 aromatic carbocycles. The Morgan fingerprint density at radius 3 is 2.72 bits per heavy atom. The van der Waals surface area contributed by atoms with E-state index in [9.17, 15) is 15.0 Å². The number of hydrogen-bond acceptors (Lipinski definition) is 5. The maximum Gasteiger partial charge on any atom is 0.185 e. The number of benzene rings is 1. The number of rotatable bonds is 3. The molecule has 1 aromatic rings. The summed E-state index contributed by atoms with van der Waals surface area (Å²) in [5.41, 5.74) is 1.25. The Balaban J connectivity index is 2.16. The van der Waals surface area contributed by atoms with Crippen molar-refractivity contribution in [3.8, 4) is 11.5 Å². The number of para-hydroxylation sites is 1. The van der Waals surface area contributed by atoms with E-state index in [0.717, 1.165) is 11.6 Å². The zero-order valence-corrected chi connectivity index (χ0v) is 11.1. The Morgan fingerprint density at radius 2 is 2.11 bits per heavy atom. The molecule has 0 amide bonds. The fourth-order valence-electron chi connectivity index (χ4n) is 1.78. The summed E-state index contributed by atoms with van der Waals surface area (Å²) in [5, 5.41) is 19.0. The van der Waals surface area contributed by atoms with Gasteiger partial charge in [-0.15, -0.1) is 11.8 Å². The summed E-state index contributed by atoms with van der Waals surface area (Å²) in [5.74, 6) is -0.0472. The van der Waals surface area contributed by atoms with Crippen molar-refractivity contribution in [2.45, 2.75) is 13.8 Å². The van der Waals surface area contributed by atoms with E-state index in [0.29, 0.717) is 0 Å². The lowest BCUT2D eigenvalue weighted by Gasteiger charge is -2.18. The maximum absolute atomic E-state index is 12.1. The van der Waals surface area contributed by atoms with Crippen LogP contribution in [0.5, 0.6) is 11.5 Å². The number of thioether (sulfide) groups is 1. The molecular weight excluding hydrogens is 250 g/mol. The highest BCUT2D eigenvalue weighted by atomic mass is 32.2. The molecule has 0 unspecified atom stereocenters. The van der Waals surface area contributed by atoms with Crippen LogP contribution in [0, 0.1) is 0 Å². The smallest absolute Gasteiger partial charge is 0.185 e. The predicted molar refractivity (Wildman–Crippen MR) is 71.6 cm³/mol. The Kier molecular flexibility index (Phi) is 3.52. The summed E-state index contributed by atoms with van der Waals surface area (Å²) in [6, 6.07) is 4.43. The maximum atomic E-state index is 12.1. The Labute approximate surface area is 110 Å². The molecule has 96 valence electrons. The summed E-state index contributed by atoms with van der Waals surface area (Å²) in [7, 11) is 0. The molecule has 0 saturated heterocycles. The average molecular weight is 265 g/mol. The molecule has 0 aliphatic carbocycles. The van der Waals surface area contributed by atoms with Gasteiger partial charge in [-0.05, 0) is 26.0 Å². The van der Waals surface area contributed by atoms with E-state index in [2.05, 4.69) is 0 Å². The van der Waals surface area contributed by atoms with Gasteiger partial charge in [0.2, 0.25) is 0 Å². The van der Waals surface area contributed by atoms with Crippen LogP contribution in [0.2, 0.25) is 0 Å². The number of nitrogens with zero attached hydrogens (tertiary/aromatic N) is 1. The first-order chi connectivity index (χ1) is 8.50. The van der Waals surface area contributed by atoms with Gasteiger partial charge in [-0.2, -0.15) is 0 Å². The number of aromatic hydroxyl groups is 2. The third kappa shape index (κ3) is 2.31. The van der Waals surface area contributed by atoms with Gasteiger partial charge < -0.3 is 15.1 Å². The van der Waals surface area contributed by atoms with Crippen LogP contribution in [-0.2, 0) is 0 Å². The van der Waals surface area contributed by atoms with Crippen LogP contribution in [-0.4, -0.2) is 33.3 Å². The van der Waals surface area contributed by atoms with Crippen LogP contribution in [0.15, 0.2) is 28.8 Å². The molecule has 0 aromatic heterocycles. The van der Waals surface area contributed by atoms with Crippen LogP contribution in [0.1, 0.15) is 24.2 Å². The quantitative estimate of drug-likeness (QED) is 0.649. The third-order valence-corrected chi connectivity index (χ3v) is 4.24. The SMILES string of the molecule is CC1=C(C)N(CC(=O)c2cccc(O)c2O)CS1. The fraction of sp³-hybridized carbons (Fsp3) is 0.308. The first-order valence-electron chi connectivity index (χ1n) is 5.60. The van der Waals surface area contributed by atoms with Crippen molar-refractivity contribution < 1.29 is 15.0 Å².